The average molecular weight is 266 g/mol. The van der Waals surface area contributed by atoms with E-state index >= 15 is 0 Å². The third-order valence-corrected chi connectivity index (χ3v) is 3.86. The number of benzene rings is 1. The molecule has 1 unspecified atom stereocenters. The van der Waals surface area contributed by atoms with Crippen LogP contribution in [0.3, 0.4) is 0 Å². The minimum absolute atomic E-state index is 0.0841. The van der Waals surface area contributed by atoms with Gasteiger partial charge in [-0.3, -0.25) is 0 Å². The Hall–Kier alpha value is -1.03. The molecule has 1 atom stereocenters. The molecule has 2 nitrogen and oxygen atoms in total. The number of nitrogens with two attached hydrogens (primary N) is 1. The molecule has 1 aromatic carbocycles. The van der Waals surface area contributed by atoms with Crippen LogP contribution in [0.1, 0.15) is 5.56 Å². The molecule has 3 rings (SSSR count). The number of hydrogen-bond donors (Lipinski definition) is 1. The first-order chi connectivity index (χ1) is 8.28. The summed E-state index contributed by atoms with van der Waals surface area (Å²) in [5.41, 5.74) is 9.06. The molecule has 1 aromatic heterocycles. The normalized spacial score (nSPS) is 17.9. The molecule has 2 aromatic rings. The molecule has 2 heterocycles. The molecule has 4 heteroatoms. The van der Waals surface area contributed by atoms with Crippen molar-refractivity contribution in [3.05, 3.63) is 39.5 Å². The van der Waals surface area contributed by atoms with E-state index < -0.39 is 0 Å². The number of hydrogen-bond acceptors (Lipinski definition) is 3. The molecule has 0 spiro atoms. The van der Waals surface area contributed by atoms with Gasteiger partial charge in [0.2, 0.25) is 0 Å². The lowest BCUT2D eigenvalue weighted by Crippen LogP contribution is -2.24. The van der Waals surface area contributed by atoms with Gasteiger partial charge in [0.15, 0.2) is 0 Å². The predicted octanol–water partition coefficient (Wildman–Crippen LogP) is 3.33. The van der Waals surface area contributed by atoms with Crippen LogP contribution in [0.5, 0.6) is 5.75 Å². The molecule has 2 N–H and O–H groups in total. The van der Waals surface area contributed by atoms with Gasteiger partial charge >= 0.3 is 0 Å². The SMILES string of the molecule is NCC1Cc2cc(Cl)cc(-c3ccsc3)c2O1. The fourth-order valence-electron chi connectivity index (χ4n) is 2.16. The molecule has 1 aliphatic rings. The summed E-state index contributed by atoms with van der Waals surface area (Å²) in [4.78, 5) is 0. The quantitative estimate of drug-likeness (QED) is 0.904. The molecule has 0 amide bonds. The largest absolute Gasteiger partial charge is 0.488 e. The summed E-state index contributed by atoms with van der Waals surface area (Å²) in [6.45, 7) is 0.537. The fourth-order valence-corrected chi connectivity index (χ4v) is 3.05. The van der Waals surface area contributed by atoms with Gasteiger partial charge in [-0.15, -0.1) is 0 Å². The zero-order valence-corrected chi connectivity index (χ0v) is 10.7. The lowest BCUT2D eigenvalue weighted by atomic mass is 10.0. The van der Waals surface area contributed by atoms with Crippen LogP contribution in [0.2, 0.25) is 5.02 Å². The highest BCUT2D eigenvalue weighted by atomic mass is 35.5. The third kappa shape index (κ3) is 1.95. The first-order valence-electron chi connectivity index (χ1n) is 5.49. The van der Waals surface area contributed by atoms with E-state index in [1.165, 1.54) is 0 Å². The Morgan fingerprint density at radius 3 is 3.06 bits per heavy atom. The Bertz CT molecular complexity index is 539. The van der Waals surface area contributed by atoms with Gasteiger partial charge in [-0.05, 0) is 40.1 Å². The molecule has 0 fully saturated rings. The summed E-state index contributed by atoms with van der Waals surface area (Å²) >= 11 is 7.82. The molecule has 0 saturated heterocycles. The van der Waals surface area contributed by atoms with E-state index in [1.54, 1.807) is 11.3 Å². The van der Waals surface area contributed by atoms with E-state index in [9.17, 15) is 0 Å². The van der Waals surface area contributed by atoms with Gasteiger partial charge in [0, 0.05) is 23.6 Å². The van der Waals surface area contributed by atoms with Crippen LogP contribution in [0.25, 0.3) is 11.1 Å². The van der Waals surface area contributed by atoms with Gasteiger partial charge in [0.1, 0.15) is 11.9 Å². The fraction of sp³-hybridized carbons (Fsp3) is 0.231. The predicted molar refractivity (Wildman–Crippen MR) is 71.9 cm³/mol. The van der Waals surface area contributed by atoms with Crippen LogP contribution < -0.4 is 10.5 Å². The average Bonchev–Trinajstić information content (AvgIpc) is 2.96. The van der Waals surface area contributed by atoms with E-state index in [2.05, 4.69) is 16.8 Å². The molecule has 17 heavy (non-hydrogen) atoms. The summed E-state index contributed by atoms with van der Waals surface area (Å²) in [5.74, 6) is 0.947. The Balaban J connectivity index is 2.12. The first kappa shape index (κ1) is 11.1. The van der Waals surface area contributed by atoms with E-state index in [1.807, 2.05) is 12.1 Å². The topological polar surface area (TPSA) is 35.2 Å². The zero-order chi connectivity index (χ0) is 11.8. The van der Waals surface area contributed by atoms with Crippen molar-refractivity contribution >= 4 is 22.9 Å². The Labute approximate surface area is 109 Å². The summed E-state index contributed by atoms with van der Waals surface area (Å²) in [6, 6.07) is 6.01. The number of rotatable bonds is 2. The van der Waals surface area contributed by atoms with E-state index in [-0.39, 0.29) is 6.10 Å². The van der Waals surface area contributed by atoms with Crippen LogP contribution >= 0.6 is 22.9 Å². The highest BCUT2D eigenvalue weighted by molar-refractivity contribution is 7.08. The van der Waals surface area contributed by atoms with Crippen LogP contribution in [0.4, 0.5) is 0 Å². The molecule has 1 aliphatic heterocycles. The van der Waals surface area contributed by atoms with Crippen molar-refractivity contribution in [3.63, 3.8) is 0 Å². The Morgan fingerprint density at radius 1 is 1.47 bits per heavy atom. The maximum absolute atomic E-state index is 6.15. The summed E-state index contributed by atoms with van der Waals surface area (Å²) < 4.78 is 5.89. The second-order valence-electron chi connectivity index (χ2n) is 4.13. The highest BCUT2D eigenvalue weighted by Gasteiger charge is 2.25. The van der Waals surface area contributed by atoms with Gasteiger partial charge < -0.3 is 10.5 Å². The van der Waals surface area contributed by atoms with Gasteiger partial charge in [-0.25, -0.2) is 0 Å². The molecule has 0 bridgehead atoms. The van der Waals surface area contributed by atoms with Crippen LogP contribution in [-0.4, -0.2) is 12.6 Å². The van der Waals surface area contributed by atoms with Crippen molar-refractivity contribution in [2.45, 2.75) is 12.5 Å². The maximum atomic E-state index is 6.15. The van der Waals surface area contributed by atoms with Gasteiger partial charge in [0.25, 0.3) is 0 Å². The summed E-state index contributed by atoms with van der Waals surface area (Å²) in [7, 11) is 0. The van der Waals surface area contributed by atoms with Gasteiger partial charge in [-0.1, -0.05) is 11.6 Å². The Kier molecular flexibility index (Phi) is 2.82. The number of halogens is 1. The summed E-state index contributed by atoms with van der Waals surface area (Å²) in [5, 5.41) is 4.91. The molecule has 0 saturated carbocycles. The lowest BCUT2D eigenvalue weighted by Gasteiger charge is -2.10. The van der Waals surface area contributed by atoms with E-state index in [0.29, 0.717) is 6.54 Å². The van der Waals surface area contributed by atoms with Crippen molar-refractivity contribution in [1.82, 2.24) is 0 Å². The van der Waals surface area contributed by atoms with Crippen molar-refractivity contribution in [3.8, 4) is 16.9 Å². The minimum atomic E-state index is 0.0841. The van der Waals surface area contributed by atoms with Gasteiger partial charge in [0.05, 0.1) is 0 Å². The number of fused-ring (bicyclic) bond motifs is 1. The van der Waals surface area contributed by atoms with Gasteiger partial charge in [-0.2, -0.15) is 11.3 Å². The van der Waals surface area contributed by atoms with E-state index in [4.69, 9.17) is 22.1 Å². The van der Waals surface area contributed by atoms with Crippen LogP contribution in [0.15, 0.2) is 29.0 Å². The minimum Gasteiger partial charge on any atom is -0.488 e. The van der Waals surface area contributed by atoms with Crippen molar-refractivity contribution in [2.75, 3.05) is 6.54 Å². The van der Waals surface area contributed by atoms with Crippen LogP contribution in [-0.2, 0) is 6.42 Å². The zero-order valence-electron chi connectivity index (χ0n) is 9.15. The summed E-state index contributed by atoms with van der Waals surface area (Å²) in [6.07, 6.45) is 0.935. The molecule has 88 valence electrons. The monoisotopic (exact) mass is 265 g/mol. The van der Waals surface area contributed by atoms with Crippen LogP contribution in [0, 0.1) is 0 Å². The third-order valence-electron chi connectivity index (χ3n) is 2.96. The molecular weight excluding hydrogens is 254 g/mol. The van der Waals surface area contributed by atoms with Crippen molar-refractivity contribution in [2.24, 2.45) is 5.73 Å². The lowest BCUT2D eigenvalue weighted by molar-refractivity contribution is 0.242. The molecular formula is C13H12ClNOS. The highest BCUT2D eigenvalue weighted by Crippen LogP contribution is 2.41. The Morgan fingerprint density at radius 2 is 2.35 bits per heavy atom. The molecule has 0 aliphatic carbocycles. The first-order valence-corrected chi connectivity index (χ1v) is 6.81. The second-order valence-corrected chi connectivity index (χ2v) is 5.35. The van der Waals surface area contributed by atoms with Crippen molar-refractivity contribution < 1.29 is 4.74 Å². The number of ether oxygens (including phenoxy) is 1. The second kappa shape index (κ2) is 4.33. The standard InChI is InChI=1S/C13H12ClNOS/c14-10-3-9-4-11(6-15)16-13(9)12(5-10)8-1-2-17-7-8/h1-3,5,7,11H,4,6,15H2. The van der Waals surface area contributed by atoms with E-state index in [0.717, 1.165) is 33.9 Å². The number of thiophene rings is 1. The smallest absolute Gasteiger partial charge is 0.131 e. The maximum Gasteiger partial charge on any atom is 0.131 e. The molecule has 0 radical (unpaired) electrons. The van der Waals surface area contributed by atoms with Crippen molar-refractivity contribution in [1.29, 1.82) is 0 Å².